The van der Waals surface area contributed by atoms with E-state index in [1.54, 1.807) is 48.5 Å². The quantitative estimate of drug-likeness (QED) is 0.111. The van der Waals surface area contributed by atoms with Crippen molar-refractivity contribution in [1.82, 2.24) is 10.9 Å². The number of carbonyl (C=O) groups is 1. The largest absolute Gasteiger partial charge is 0.494 e. The maximum Gasteiger partial charge on any atom is 0.266 e. The molecule has 0 bridgehead atoms. The Labute approximate surface area is 281 Å². The summed E-state index contributed by atoms with van der Waals surface area (Å²) in [6.45, 7) is 0.604. The second kappa shape index (κ2) is 15.2. The first-order valence-corrected chi connectivity index (χ1v) is 17.5. The first-order valence-electron chi connectivity index (χ1n) is 14.6. The van der Waals surface area contributed by atoms with Crippen LogP contribution in [0.4, 0.5) is 0 Å². The minimum absolute atomic E-state index is 0.0244. The van der Waals surface area contributed by atoms with E-state index in [-0.39, 0.29) is 36.1 Å². The van der Waals surface area contributed by atoms with Crippen LogP contribution < -0.4 is 15.6 Å². The molecule has 0 aromatic heterocycles. The first-order chi connectivity index (χ1) is 22.2. The van der Waals surface area contributed by atoms with Gasteiger partial charge in [-0.25, -0.2) is 18.8 Å². The summed E-state index contributed by atoms with van der Waals surface area (Å²) < 4.78 is 39.8. The van der Waals surface area contributed by atoms with Gasteiger partial charge < -0.3 is 14.6 Å². The number of rotatable bonds is 14. The van der Waals surface area contributed by atoms with Crippen LogP contribution in [0.2, 0.25) is 5.02 Å². The summed E-state index contributed by atoms with van der Waals surface area (Å²) in [4.78, 5) is 19.4. The maximum absolute atomic E-state index is 14.3. The molecule has 240 valence electrons. The van der Waals surface area contributed by atoms with Crippen molar-refractivity contribution in [3.8, 4) is 5.75 Å². The van der Waals surface area contributed by atoms with Crippen LogP contribution in [0.5, 0.6) is 5.75 Å². The summed E-state index contributed by atoms with van der Waals surface area (Å²) >= 11 is 9.92. The topological polar surface area (TPSA) is 126 Å². The van der Waals surface area contributed by atoms with E-state index in [1.807, 2.05) is 42.5 Å². The second-order valence-electron chi connectivity index (χ2n) is 10.6. The highest BCUT2D eigenvalue weighted by molar-refractivity contribution is 9.10. The molecule has 5 rings (SSSR count). The van der Waals surface area contributed by atoms with Crippen molar-refractivity contribution in [3.05, 3.63) is 129 Å². The molecule has 1 aliphatic heterocycles. The normalized spacial score (nSPS) is 17.6. The number of sulfone groups is 1. The maximum atomic E-state index is 14.3. The van der Waals surface area contributed by atoms with Gasteiger partial charge in [-0.2, -0.15) is 0 Å². The molecule has 2 atom stereocenters. The Morgan fingerprint density at radius 1 is 0.978 bits per heavy atom. The number of ether oxygens (including phenoxy) is 2. The summed E-state index contributed by atoms with van der Waals surface area (Å²) in [6.07, 6.45) is -0.660. The minimum atomic E-state index is -3.79. The van der Waals surface area contributed by atoms with Gasteiger partial charge in [0.1, 0.15) is 5.75 Å². The highest BCUT2D eigenvalue weighted by Gasteiger charge is 2.54. The van der Waals surface area contributed by atoms with Gasteiger partial charge in [-0.1, -0.05) is 82.1 Å². The Kier molecular flexibility index (Phi) is 11.1. The van der Waals surface area contributed by atoms with Crippen LogP contribution in [-0.2, 0) is 25.9 Å². The fourth-order valence-electron chi connectivity index (χ4n) is 5.04. The Balaban J connectivity index is 1.53. The van der Waals surface area contributed by atoms with E-state index in [1.165, 1.54) is 12.1 Å². The van der Waals surface area contributed by atoms with Crippen molar-refractivity contribution in [2.24, 2.45) is 4.99 Å². The SMILES string of the molecule is O=C(NNCc1ccccc1Cl)[C@@]1(CCS(=O)(=O)c2ccccc2)N=C(c2ccc(OCCCO)cc2)O[C@H]1c1ccccc1Br. The molecule has 4 aromatic carbocycles. The molecule has 1 amide bonds. The van der Waals surface area contributed by atoms with Crippen LogP contribution in [0.15, 0.2) is 117 Å². The summed E-state index contributed by atoms with van der Waals surface area (Å²) in [6, 6.07) is 29.7. The van der Waals surface area contributed by atoms with E-state index in [0.717, 1.165) is 5.56 Å². The fourth-order valence-corrected chi connectivity index (χ4v) is 7.12. The van der Waals surface area contributed by atoms with Crippen LogP contribution in [0.25, 0.3) is 0 Å². The number of benzene rings is 4. The molecule has 0 saturated carbocycles. The standard InChI is InChI=1S/C34H33BrClN3O6S/c35-29-13-6-5-12-28(29)31-34(19-22-46(42,43)27-10-2-1-3-11-27,33(41)39-37-23-25-9-4-7-14-30(25)36)38-32(45-31)24-15-17-26(18-16-24)44-21-8-20-40/h1-7,9-18,31,37,40H,8,19-23H2,(H,39,41)/t31-,34-/m0/s1. The molecule has 0 aliphatic carbocycles. The van der Waals surface area contributed by atoms with Gasteiger partial charge in [0.25, 0.3) is 5.91 Å². The lowest BCUT2D eigenvalue weighted by atomic mass is 9.85. The third kappa shape index (κ3) is 7.79. The van der Waals surface area contributed by atoms with Gasteiger partial charge in [0, 0.05) is 46.6 Å². The number of aliphatic hydroxyl groups excluding tert-OH is 1. The number of aliphatic hydroxyl groups is 1. The highest BCUT2D eigenvalue weighted by Crippen LogP contribution is 2.45. The molecule has 0 fully saturated rings. The third-order valence-electron chi connectivity index (χ3n) is 7.51. The van der Waals surface area contributed by atoms with Gasteiger partial charge in [-0.15, -0.1) is 0 Å². The van der Waals surface area contributed by atoms with Gasteiger partial charge in [-0.3, -0.25) is 10.2 Å². The molecule has 4 aromatic rings. The molecular weight excluding hydrogens is 694 g/mol. The average Bonchev–Trinajstić information content (AvgIpc) is 3.46. The summed E-state index contributed by atoms with van der Waals surface area (Å²) in [5, 5.41) is 9.59. The molecule has 0 radical (unpaired) electrons. The molecule has 12 heteroatoms. The molecule has 46 heavy (non-hydrogen) atoms. The smallest absolute Gasteiger partial charge is 0.266 e. The van der Waals surface area contributed by atoms with Crippen LogP contribution >= 0.6 is 27.5 Å². The highest BCUT2D eigenvalue weighted by atomic mass is 79.9. The molecule has 1 heterocycles. The van der Waals surface area contributed by atoms with Crippen LogP contribution in [0, 0.1) is 0 Å². The molecule has 0 saturated heterocycles. The van der Waals surface area contributed by atoms with E-state index in [0.29, 0.717) is 39.4 Å². The second-order valence-corrected chi connectivity index (χ2v) is 14.0. The molecule has 0 spiro atoms. The van der Waals surface area contributed by atoms with Crippen molar-refractivity contribution in [2.45, 2.75) is 35.9 Å². The number of nitrogens with one attached hydrogen (secondary N) is 2. The Hall–Kier alpha value is -3.74. The number of carbonyl (C=O) groups excluding carboxylic acids is 1. The van der Waals surface area contributed by atoms with E-state index in [9.17, 15) is 13.2 Å². The zero-order valence-electron chi connectivity index (χ0n) is 24.7. The molecule has 3 N–H and O–H groups in total. The Morgan fingerprint density at radius 3 is 2.39 bits per heavy atom. The number of halogens is 2. The van der Waals surface area contributed by atoms with Crippen molar-refractivity contribution >= 4 is 49.2 Å². The van der Waals surface area contributed by atoms with E-state index < -0.39 is 27.4 Å². The Bertz CT molecular complexity index is 1790. The lowest BCUT2D eigenvalue weighted by Gasteiger charge is -2.31. The van der Waals surface area contributed by atoms with E-state index in [4.69, 9.17) is 31.2 Å². The number of aliphatic imine (C=N–C) groups is 1. The summed E-state index contributed by atoms with van der Waals surface area (Å²) in [5.74, 6) is -0.156. The molecular formula is C34H33BrClN3O6S. The molecule has 0 unspecified atom stereocenters. The number of hydrogen-bond acceptors (Lipinski definition) is 8. The molecule has 1 aliphatic rings. The predicted molar refractivity (Wildman–Crippen MR) is 180 cm³/mol. The monoisotopic (exact) mass is 725 g/mol. The number of hydrogen-bond donors (Lipinski definition) is 3. The van der Waals surface area contributed by atoms with Crippen LogP contribution in [0.1, 0.15) is 35.6 Å². The van der Waals surface area contributed by atoms with Crippen LogP contribution in [0.3, 0.4) is 0 Å². The third-order valence-corrected chi connectivity index (χ3v) is 10.3. The van der Waals surface area contributed by atoms with Crippen molar-refractivity contribution in [2.75, 3.05) is 19.0 Å². The van der Waals surface area contributed by atoms with Crippen molar-refractivity contribution in [1.29, 1.82) is 0 Å². The first kappa shape index (κ1) is 33.6. The van der Waals surface area contributed by atoms with Gasteiger partial charge in [0.2, 0.25) is 5.90 Å². The van der Waals surface area contributed by atoms with Gasteiger partial charge in [-0.05, 0) is 54.1 Å². The summed E-state index contributed by atoms with van der Waals surface area (Å²) in [5.41, 5.74) is 5.99. The van der Waals surface area contributed by atoms with Crippen molar-refractivity contribution in [3.63, 3.8) is 0 Å². The Morgan fingerprint density at radius 2 is 1.67 bits per heavy atom. The van der Waals surface area contributed by atoms with Crippen molar-refractivity contribution < 1.29 is 27.8 Å². The predicted octanol–water partition coefficient (Wildman–Crippen LogP) is 5.81. The van der Waals surface area contributed by atoms with E-state index in [2.05, 4.69) is 26.8 Å². The number of hydrazine groups is 1. The number of amides is 1. The zero-order chi connectivity index (χ0) is 32.6. The molecule has 9 nitrogen and oxygen atoms in total. The zero-order valence-corrected chi connectivity index (χ0v) is 27.9. The van der Waals surface area contributed by atoms with E-state index >= 15 is 0 Å². The van der Waals surface area contributed by atoms with Crippen LogP contribution in [-0.4, -0.2) is 49.8 Å². The summed E-state index contributed by atoms with van der Waals surface area (Å²) in [7, 11) is -3.79. The van der Waals surface area contributed by atoms with Gasteiger partial charge in [0.05, 0.1) is 17.3 Å². The average molecular weight is 727 g/mol. The lowest BCUT2D eigenvalue weighted by molar-refractivity contribution is -0.130. The number of nitrogens with zero attached hydrogens (tertiary/aromatic N) is 1. The van der Waals surface area contributed by atoms with Gasteiger partial charge >= 0.3 is 0 Å². The lowest BCUT2D eigenvalue weighted by Crippen LogP contribution is -2.53. The minimum Gasteiger partial charge on any atom is -0.494 e. The fraction of sp³-hybridized carbons (Fsp3) is 0.235. The van der Waals surface area contributed by atoms with Gasteiger partial charge in [0.15, 0.2) is 21.5 Å².